The Morgan fingerprint density at radius 3 is 2.72 bits per heavy atom. The van der Waals surface area contributed by atoms with Gasteiger partial charge in [-0.2, -0.15) is 4.89 Å². The Hall–Kier alpha value is -2.63. The molecule has 29 heavy (non-hydrogen) atoms. The molecule has 4 rings (SSSR count). The van der Waals surface area contributed by atoms with E-state index in [1.54, 1.807) is 0 Å². The summed E-state index contributed by atoms with van der Waals surface area (Å²) in [7, 11) is -2.98. The Morgan fingerprint density at radius 2 is 2.03 bits per heavy atom. The Morgan fingerprint density at radius 1 is 1.24 bits per heavy atom. The predicted octanol–water partition coefficient (Wildman–Crippen LogP) is 3.97. The number of carbonyl (C=O) groups is 1. The number of aromatic nitrogens is 1. The largest absolute Gasteiger partial charge is 0.422 e. The fourth-order valence-electron chi connectivity index (χ4n) is 3.74. The van der Waals surface area contributed by atoms with E-state index in [4.69, 9.17) is 4.52 Å². The van der Waals surface area contributed by atoms with Crippen LogP contribution in [0.2, 0.25) is 0 Å². The first-order chi connectivity index (χ1) is 13.7. The van der Waals surface area contributed by atoms with Crippen molar-refractivity contribution in [3.63, 3.8) is 0 Å². The molecule has 152 valence electrons. The van der Waals surface area contributed by atoms with Gasteiger partial charge in [0.05, 0.1) is 30.0 Å². The lowest BCUT2D eigenvalue weighted by Gasteiger charge is -2.24. The number of hydrogen-bond donors (Lipinski definition) is 4. The van der Waals surface area contributed by atoms with Crippen molar-refractivity contribution in [2.24, 2.45) is 0 Å². The molecule has 2 aliphatic rings. The van der Waals surface area contributed by atoms with Crippen molar-refractivity contribution in [3.05, 3.63) is 64.3 Å². The van der Waals surface area contributed by atoms with E-state index >= 15 is 0 Å². The van der Waals surface area contributed by atoms with Crippen molar-refractivity contribution in [2.45, 2.75) is 39.8 Å². The summed E-state index contributed by atoms with van der Waals surface area (Å²) in [5.41, 5.74) is 6.01. The quantitative estimate of drug-likeness (QED) is 0.554. The van der Waals surface area contributed by atoms with Gasteiger partial charge in [0, 0.05) is 23.9 Å². The standard InChI is InChI=1S/C21H25N4O3P/c1-12-5-7-18(14(3)23-12)22-11-20(29(27)25-13(2)15(4)28-29)16-6-8-19-17(9-16)10-21(26)24-19/h5-9,20,22,25,27H,10-11H2,1-4H3/p+1. The molecule has 0 radical (unpaired) electrons. The third-order valence-electron chi connectivity index (χ3n) is 5.40. The number of allylic oxidation sites excluding steroid dienone is 2. The normalized spacial score (nSPS) is 21.3. The van der Waals surface area contributed by atoms with Crippen molar-refractivity contribution in [1.82, 2.24) is 10.1 Å². The maximum atomic E-state index is 11.7. The first-order valence-corrected chi connectivity index (χ1v) is 11.4. The molecule has 2 unspecified atom stereocenters. The molecule has 2 aromatic rings. The van der Waals surface area contributed by atoms with E-state index in [0.717, 1.165) is 39.6 Å². The van der Waals surface area contributed by atoms with Crippen LogP contribution in [0.5, 0.6) is 0 Å². The van der Waals surface area contributed by atoms with Gasteiger partial charge in [-0.15, -0.1) is 0 Å². The van der Waals surface area contributed by atoms with Gasteiger partial charge in [-0.05, 0) is 50.6 Å². The van der Waals surface area contributed by atoms with Crippen molar-refractivity contribution in [3.8, 4) is 0 Å². The van der Waals surface area contributed by atoms with Crippen LogP contribution in [0.1, 0.15) is 42.0 Å². The molecule has 0 fully saturated rings. The van der Waals surface area contributed by atoms with Crippen LogP contribution >= 0.6 is 7.87 Å². The molecule has 0 bridgehead atoms. The van der Waals surface area contributed by atoms with E-state index in [1.807, 2.05) is 58.0 Å². The summed E-state index contributed by atoms with van der Waals surface area (Å²) >= 11 is 0. The lowest BCUT2D eigenvalue weighted by atomic mass is 10.1. The highest BCUT2D eigenvalue weighted by Crippen LogP contribution is 2.68. The Bertz CT molecular complexity index is 1010. The van der Waals surface area contributed by atoms with Crippen LogP contribution in [0.15, 0.2) is 41.8 Å². The van der Waals surface area contributed by atoms with E-state index < -0.39 is 7.87 Å². The van der Waals surface area contributed by atoms with Gasteiger partial charge in [-0.25, -0.2) is 5.09 Å². The fraction of sp³-hybridized carbons (Fsp3) is 0.333. The molecular formula is C21H26N4O3P+. The molecule has 4 N–H and O–H groups in total. The first-order valence-electron chi connectivity index (χ1n) is 9.63. The van der Waals surface area contributed by atoms with Crippen LogP contribution in [-0.2, 0) is 15.7 Å². The van der Waals surface area contributed by atoms with Gasteiger partial charge in [0.2, 0.25) is 5.91 Å². The van der Waals surface area contributed by atoms with Gasteiger partial charge in [-0.1, -0.05) is 6.07 Å². The predicted molar refractivity (Wildman–Crippen MR) is 115 cm³/mol. The molecule has 2 aliphatic heterocycles. The minimum absolute atomic E-state index is 0.00900. The molecule has 0 aliphatic carbocycles. The van der Waals surface area contributed by atoms with Crippen molar-refractivity contribution in [2.75, 3.05) is 17.2 Å². The topological polar surface area (TPSA) is 95.5 Å². The Kier molecular flexibility index (Phi) is 4.97. The number of nitrogens with zero attached hydrogens (tertiary/aromatic N) is 1. The lowest BCUT2D eigenvalue weighted by Crippen LogP contribution is -2.23. The number of anilines is 2. The van der Waals surface area contributed by atoms with Crippen molar-refractivity contribution >= 4 is 25.1 Å². The SMILES string of the molecule is CC1=C(C)O[P+](O)(C(CNc2ccc(C)nc2C)c2ccc3c(c2)CC(=O)N3)N1. The molecule has 1 aromatic carbocycles. The lowest BCUT2D eigenvalue weighted by molar-refractivity contribution is -0.115. The second-order valence-electron chi connectivity index (χ2n) is 7.63. The van der Waals surface area contributed by atoms with E-state index in [1.165, 1.54) is 0 Å². The number of aryl methyl sites for hydroxylation is 2. The molecule has 0 spiro atoms. The van der Waals surface area contributed by atoms with Crippen LogP contribution in [0, 0.1) is 13.8 Å². The zero-order valence-corrected chi connectivity index (χ0v) is 17.9. The maximum Gasteiger partial charge on any atom is 0.422 e. The minimum atomic E-state index is -2.98. The molecule has 2 atom stereocenters. The van der Waals surface area contributed by atoms with Gasteiger partial charge in [0.15, 0.2) is 11.4 Å². The van der Waals surface area contributed by atoms with Gasteiger partial charge < -0.3 is 10.6 Å². The van der Waals surface area contributed by atoms with E-state index in [0.29, 0.717) is 18.7 Å². The van der Waals surface area contributed by atoms with Gasteiger partial charge >= 0.3 is 7.87 Å². The Balaban J connectivity index is 1.65. The molecular weight excluding hydrogens is 387 g/mol. The summed E-state index contributed by atoms with van der Waals surface area (Å²) in [5, 5.41) is 9.49. The Labute approximate surface area is 171 Å². The van der Waals surface area contributed by atoms with Crippen LogP contribution in [0.4, 0.5) is 11.4 Å². The third kappa shape index (κ3) is 3.80. The molecule has 0 saturated carbocycles. The average molecular weight is 413 g/mol. The van der Waals surface area contributed by atoms with Crippen LogP contribution in [0.3, 0.4) is 0 Å². The van der Waals surface area contributed by atoms with Gasteiger partial charge in [0.1, 0.15) is 0 Å². The number of carbonyl (C=O) groups excluding carboxylic acids is 1. The van der Waals surface area contributed by atoms with Gasteiger partial charge in [-0.3, -0.25) is 14.3 Å². The van der Waals surface area contributed by atoms with Crippen molar-refractivity contribution in [1.29, 1.82) is 0 Å². The van der Waals surface area contributed by atoms with E-state index in [9.17, 15) is 9.69 Å². The second-order valence-corrected chi connectivity index (χ2v) is 9.91. The summed E-state index contributed by atoms with van der Waals surface area (Å²) < 4.78 is 5.95. The molecule has 1 aromatic heterocycles. The van der Waals surface area contributed by atoms with Crippen LogP contribution in [0.25, 0.3) is 0 Å². The highest BCUT2D eigenvalue weighted by molar-refractivity contribution is 7.64. The second kappa shape index (κ2) is 7.32. The number of amides is 1. The summed E-state index contributed by atoms with van der Waals surface area (Å²) in [6.45, 7) is 8.13. The smallest absolute Gasteiger partial charge is 0.379 e. The number of rotatable bonds is 5. The van der Waals surface area contributed by atoms with Crippen LogP contribution in [-0.4, -0.2) is 22.3 Å². The monoisotopic (exact) mass is 413 g/mol. The summed E-state index contributed by atoms with van der Waals surface area (Å²) in [6.07, 6.45) is 0.353. The first kappa shape index (κ1) is 19.7. The number of pyridine rings is 1. The summed E-state index contributed by atoms with van der Waals surface area (Å²) in [6, 6.07) is 9.80. The highest BCUT2D eigenvalue weighted by atomic mass is 31.2. The number of fused-ring (bicyclic) bond motifs is 1. The molecule has 1 amide bonds. The molecule has 7 nitrogen and oxygen atoms in total. The van der Waals surface area contributed by atoms with Crippen molar-refractivity contribution < 1.29 is 14.2 Å². The van der Waals surface area contributed by atoms with Gasteiger partial charge in [0.25, 0.3) is 0 Å². The van der Waals surface area contributed by atoms with E-state index in [2.05, 4.69) is 20.7 Å². The average Bonchev–Trinajstić information content (AvgIpc) is 3.14. The number of hydrogen-bond acceptors (Lipinski definition) is 6. The fourth-order valence-corrected chi connectivity index (χ4v) is 6.17. The highest BCUT2D eigenvalue weighted by Gasteiger charge is 2.54. The zero-order valence-electron chi connectivity index (χ0n) is 17.0. The van der Waals surface area contributed by atoms with Crippen LogP contribution < -0.4 is 15.7 Å². The maximum absolute atomic E-state index is 11.7. The molecule has 0 saturated heterocycles. The number of nitrogens with one attached hydrogen (secondary N) is 3. The molecule has 8 heteroatoms. The molecule has 3 heterocycles. The minimum Gasteiger partial charge on any atom is -0.379 e. The zero-order chi connectivity index (χ0) is 20.8. The summed E-state index contributed by atoms with van der Waals surface area (Å²) in [5.74, 6) is 0.697. The number of benzene rings is 1. The third-order valence-corrected chi connectivity index (χ3v) is 7.94. The van der Waals surface area contributed by atoms with E-state index in [-0.39, 0.29) is 11.6 Å². The summed E-state index contributed by atoms with van der Waals surface area (Å²) in [4.78, 5) is 27.7.